The van der Waals surface area contributed by atoms with Crippen molar-refractivity contribution < 1.29 is 14.3 Å². The number of fused-ring (bicyclic) bond motifs is 1. The van der Waals surface area contributed by atoms with Crippen LogP contribution < -0.4 is 14.8 Å². The second kappa shape index (κ2) is 8.02. The van der Waals surface area contributed by atoms with Crippen LogP contribution in [0.1, 0.15) is 29.8 Å². The Hall–Kier alpha value is -2.87. The molecule has 28 heavy (non-hydrogen) atoms. The fourth-order valence-corrected chi connectivity index (χ4v) is 3.36. The fraction of sp³-hybridized carbons (Fsp3) is 0.450. The SMILES string of the molecule is CC(C)Nc1ncc(C(=O)N2CCN(Cc3ccc4c(c3)OCO4)CC2)cn1. The van der Waals surface area contributed by atoms with Crippen molar-refractivity contribution >= 4 is 11.9 Å². The third-order valence-electron chi connectivity index (χ3n) is 4.82. The number of nitrogens with one attached hydrogen (secondary N) is 1. The average Bonchev–Trinajstić information content (AvgIpc) is 3.16. The minimum absolute atomic E-state index is 0.0150. The van der Waals surface area contributed by atoms with Crippen LogP contribution in [0.2, 0.25) is 0 Å². The lowest BCUT2D eigenvalue weighted by Gasteiger charge is -2.34. The molecule has 0 atom stereocenters. The molecule has 8 nitrogen and oxygen atoms in total. The zero-order valence-electron chi connectivity index (χ0n) is 16.2. The van der Waals surface area contributed by atoms with Crippen molar-refractivity contribution in [2.75, 3.05) is 38.3 Å². The molecule has 4 rings (SSSR count). The first kappa shape index (κ1) is 18.5. The van der Waals surface area contributed by atoms with Gasteiger partial charge < -0.3 is 19.7 Å². The van der Waals surface area contributed by atoms with Crippen molar-refractivity contribution in [2.45, 2.75) is 26.4 Å². The molecule has 0 radical (unpaired) electrons. The Bertz CT molecular complexity index is 832. The van der Waals surface area contributed by atoms with E-state index in [2.05, 4.69) is 26.3 Å². The van der Waals surface area contributed by atoms with E-state index in [4.69, 9.17) is 9.47 Å². The maximum Gasteiger partial charge on any atom is 0.257 e. The highest BCUT2D eigenvalue weighted by Crippen LogP contribution is 2.32. The van der Waals surface area contributed by atoms with Crippen LogP contribution in [0.25, 0.3) is 0 Å². The number of nitrogens with zero attached hydrogens (tertiary/aromatic N) is 4. The molecule has 1 amide bonds. The number of carbonyl (C=O) groups excluding carboxylic acids is 1. The van der Waals surface area contributed by atoms with Gasteiger partial charge in [0.2, 0.25) is 12.7 Å². The smallest absolute Gasteiger partial charge is 0.257 e. The zero-order valence-corrected chi connectivity index (χ0v) is 16.2. The number of rotatable bonds is 5. The molecule has 2 aromatic rings. The monoisotopic (exact) mass is 383 g/mol. The first-order valence-electron chi connectivity index (χ1n) is 9.57. The summed E-state index contributed by atoms with van der Waals surface area (Å²) in [6.07, 6.45) is 3.19. The molecule has 0 spiro atoms. The van der Waals surface area contributed by atoms with Crippen LogP contribution in [0.15, 0.2) is 30.6 Å². The first-order valence-corrected chi connectivity index (χ1v) is 9.57. The van der Waals surface area contributed by atoms with Crippen LogP contribution >= 0.6 is 0 Å². The Morgan fingerprint density at radius 3 is 2.54 bits per heavy atom. The van der Waals surface area contributed by atoms with Crippen molar-refractivity contribution in [3.63, 3.8) is 0 Å². The van der Waals surface area contributed by atoms with Crippen LogP contribution in [0.4, 0.5) is 5.95 Å². The predicted molar refractivity (Wildman–Crippen MR) is 105 cm³/mol. The molecule has 0 aliphatic carbocycles. The Kier molecular flexibility index (Phi) is 5.29. The van der Waals surface area contributed by atoms with Gasteiger partial charge in [-0.1, -0.05) is 6.07 Å². The summed E-state index contributed by atoms with van der Waals surface area (Å²) < 4.78 is 10.8. The number of hydrogen-bond acceptors (Lipinski definition) is 7. The van der Waals surface area contributed by atoms with E-state index >= 15 is 0 Å². The number of amides is 1. The van der Waals surface area contributed by atoms with E-state index < -0.39 is 0 Å². The Morgan fingerprint density at radius 1 is 1.11 bits per heavy atom. The largest absolute Gasteiger partial charge is 0.454 e. The third kappa shape index (κ3) is 4.17. The van der Waals surface area contributed by atoms with Crippen LogP contribution in [0.3, 0.4) is 0 Å². The Labute approximate surface area is 164 Å². The van der Waals surface area contributed by atoms with Gasteiger partial charge in [0.05, 0.1) is 5.56 Å². The number of carbonyl (C=O) groups is 1. The molecule has 3 heterocycles. The van der Waals surface area contributed by atoms with Crippen LogP contribution in [-0.4, -0.2) is 64.7 Å². The highest BCUT2D eigenvalue weighted by atomic mass is 16.7. The number of ether oxygens (including phenoxy) is 2. The fourth-order valence-electron chi connectivity index (χ4n) is 3.36. The maximum absolute atomic E-state index is 12.7. The van der Waals surface area contributed by atoms with Crippen molar-refractivity contribution in [1.29, 1.82) is 0 Å². The summed E-state index contributed by atoms with van der Waals surface area (Å²) in [4.78, 5) is 25.4. The summed E-state index contributed by atoms with van der Waals surface area (Å²) in [7, 11) is 0. The number of anilines is 1. The minimum atomic E-state index is -0.0150. The standard InChI is InChI=1S/C20H25N5O3/c1-14(2)23-20-21-10-16(11-22-20)19(26)25-7-5-24(6-8-25)12-15-3-4-17-18(9-15)28-13-27-17/h3-4,9-11,14H,5-8,12-13H2,1-2H3,(H,21,22,23). The summed E-state index contributed by atoms with van der Waals surface area (Å²) >= 11 is 0. The Balaban J connectivity index is 1.30. The normalized spacial score (nSPS) is 16.5. The molecule has 2 aliphatic heterocycles. The quantitative estimate of drug-likeness (QED) is 0.846. The molecule has 0 bridgehead atoms. The lowest BCUT2D eigenvalue weighted by Crippen LogP contribution is -2.48. The highest BCUT2D eigenvalue weighted by Gasteiger charge is 2.23. The molecule has 0 saturated carbocycles. The molecule has 2 aliphatic rings. The minimum Gasteiger partial charge on any atom is -0.454 e. The number of aromatic nitrogens is 2. The average molecular weight is 383 g/mol. The lowest BCUT2D eigenvalue weighted by atomic mass is 10.1. The summed E-state index contributed by atoms with van der Waals surface area (Å²) in [5.74, 6) is 2.14. The molecule has 1 N–H and O–H groups in total. The van der Waals surface area contributed by atoms with Gasteiger partial charge in [0.15, 0.2) is 11.5 Å². The van der Waals surface area contributed by atoms with E-state index in [1.54, 1.807) is 12.4 Å². The van der Waals surface area contributed by atoms with Crippen LogP contribution in [-0.2, 0) is 6.54 Å². The van der Waals surface area contributed by atoms with Crippen molar-refractivity contribution in [1.82, 2.24) is 19.8 Å². The van der Waals surface area contributed by atoms with Gasteiger partial charge in [-0.3, -0.25) is 9.69 Å². The molecule has 1 aromatic heterocycles. The second-order valence-corrected chi connectivity index (χ2v) is 7.35. The third-order valence-corrected chi connectivity index (χ3v) is 4.82. The molecule has 1 fully saturated rings. The van der Waals surface area contributed by atoms with Gasteiger partial charge in [-0.05, 0) is 31.5 Å². The summed E-state index contributed by atoms with van der Waals surface area (Å²) in [5, 5.41) is 3.12. The van der Waals surface area contributed by atoms with Gasteiger partial charge in [0.1, 0.15) is 0 Å². The van der Waals surface area contributed by atoms with Crippen LogP contribution in [0.5, 0.6) is 11.5 Å². The zero-order chi connectivity index (χ0) is 19.5. The predicted octanol–water partition coefficient (Wildman–Crippen LogP) is 1.98. The number of benzene rings is 1. The Morgan fingerprint density at radius 2 is 1.82 bits per heavy atom. The van der Waals surface area contributed by atoms with E-state index in [-0.39, 0.29) is 18.7 Å². The lowest BCUT2D eigenvalue weighted by molar-refractivity contribution is 0.0627. The van der Waals surface area contributed by atoms with E-state index in [1.165, 1.54) is 5.56 Å². The van der Waals surface area contributed by atoms with E-state index in [9.17, 15) is 4.79 Å². The van der Waals surface area contributed by atoms with E-state index in [0.717, 1.165) is 31.1 Å². The van der Waals surface area contributed by atoms with Crippen LogP contribution in [0, 0.1) is 0 Å². The topological polar surface area (TPSA) is 79.8 Å². The van der Waals surface area contributed by atoms with E-state index in [0.29, 0.717) is 24.6 Å². The van der Waals surface area contributed by atoms with E-state index in [1.807, 2.05) is 30.9 Å². The number of piperazine rings is 1. The summed E-state index contributed by atoms with van der Waals surface area (Å²) in [6.45, 7) is 8.19. The van der Waals surface area contributed by atoms with Crippen molar-refractivity contribution in [3.05, 3.63) is 41.7 Å². The summed E-state index contributed by atoms with van der Waals surface area (Å²) in [5.41, 5.74) is 1.71. The van der Waals surface area contributed by atoms with Gasteiger partial charge in [0.25, 0.3) is 5.91 Å². The van der Waals surface area contributed by atoms with Crippen molar-refractivity contribution in [2.24, 2.45) is 0 Å². The highest BCUT2D eigenvalue weighted by molar-refractivity contribution is 5.93. The molecule has 1 saturated heterocycles. The maximum atomic E-state index is 12.7. The van der Waals surface area contributed by atoms with Crippen molar-refractivity contribution in [3.8, 4) is 11.5 Å². The molecule has 0 unspecified atom stereocenters. The number of hydrogen-bond donors (Lipinski definition) is 1. The summed E-state index contributed by atoms with van der Waals surface area (Å²) in [6, 6.07) is 6.30. The molecule has 148 valence electrons. The molecule has 1 aromatic carbocycles. The second-order valence-electron chi connectivity index (χ2n) is 7.35. The molecule has 8 heteroatoms. The van der Waals surface area contributed by atoms with Gasteiger partial charge in [-0.15, -0.1) is 0 Å². The first-order chi connectivity index (χ1) is 13.6. The van der Waals surface area contributed by atoms with Gasteiger partial charge >= 0.3 is 0 Å². The van der Waals surface area contributed by atoms with Gasteiger partial charge in [-0.25, -0.2) is 9.97 Å². The molecular formula is C20H25N5O3. The van der Waals surface area contributed by atoms with Gasteiger partial charge in [0, 0.05) is 51.2 Å². The molecular weight excluding hydrogens is 358 g/mol. The van der Waals surface area contributed by atoms with Gasteiger partial charge in [-0.2, -0.15) is 0 Å².